The van der Waals surface area contributed by atoms with Gasteiger partial charge in [0.15, 0.2) is 0 Å². The summed E-state index contributed by atoms with van der Waals surface area (Å²) in [4.78, 5) is 14.0. The smallest absolute Gasteiger partial charge is 0.263 e. The lowest BCUT2D eigenvalue weighted by Gasteiger charge is -2.18. The van der Waals surface area contributed by atoms with E-state index in [1.165, 1.54) is 12.8 Å². The summed E-state index contributed by atoms with van der Waals surface area (Å²) in [7, 11) is 0. The average molecular weight is 249 g/mol. The molecule has 0 aromatic carbocycles. The molecule has 0 bridgehead atoms. The van der Waals surface area contributed by atoms with Gasteiger partial charge in [-0.3, -0.25) is 4.79 Å². The lowest BCUT2D eigenvalue weighted by atomic mass is 10.2. The molecule has 1 N–H and O–H groups in total. The Morgan fingerprint density at radius 3 is 2.50 bits per heavy atom. The van der Waals surface area contributed by atoms with Crippen LogP contribution in [0.3, 0.4) is 0 Å². The first-order valence-corrected chi connectivity index (χ1v) is 6.84. The molecule has 1 atom stereocenters. The third-order valence-corrected chi connectivity index (χ3v) is 3.31. The number of carbonyl (C=O) groups is 1. The van der Waals surface area contributed by atoms with Gasteiger partial charge < -0.3 is 10.2 Å². The van der Waals surface area contributed by atoms with E-state index in [2.05, 4.69) is 10.2 Å². The summed E-state index contributed by atoms with van der Waals surface area (Å²) in [5.74, 6) is -0.254. The van der Waals surface area contributed by atoms with Crippen molar-refractivity contribution >= 4 is 5.91 Å². The Bertz CT molecular complexity index is 335. The van der Waals surface area contributed by atoms with Crippen molar-refractivity contribution in [3.05, 3.63) is 11.8 Å². The maximum Gasteiger partial charge on any atom is 0.263 e. The molecule has 0 aliphatic carbocycles. The summed E-state index contributed by atoms with van der Waals surface area (Å²) in [6, 6.07) is 2.12. The zero-order chi connectivity index (χ0) is 13.4. The number of hydrogen-bond acceptors (Lipinski definition) is 3. The van der Waals surface area contributed by atoms with Gasteiger partial charge in [0.05, 0.1) is 0 Å². The minimum atomic E-state index is -0.254. The van der Waals surface area contributed by atoms with Crippen LogP contribution < -0.4 is 5.32 Å². The van der Waals surface area contributed by atoms with Crippen LogP contribution in [0.2, 0.25) is 0 Å². The Hall–Kier alpha value is -1.50. The lowest BCUT2D eigenvalue weighted by molar-refractivity contribution is -0.117. The Morgan fingerprint density at radius 2 is 2.00 bits per heavy atom. The van der Waals surface area contributed by atoms with Crippen molar-refractivity contribution in [2.75, 3.05) is 13.1 Å². The summed E-state index contributed by atoms with van der Waals surface area (Å²) in [6.45, 7) is 5.85. The van der Waals surface area contributed by atoms with Crippen molar-refractivity contribution in [1.82, 2.24) is 10.2 Å². The molecule has 1 amide bonds. The van der Waals surface area contributed by atoms with Gasteiger partial charge in [0.25, 0.3) is 5.91 Å². The summed E-state index contributed by atoms with van der Waals surface area (Å²) < 4.78 is 0. The maximum absolute atomic E-state index is 11.9. The molecule has 4 nitrogen and oxygen atoms in total. The molecule has 0 radical (unpaired) electrons. The van der Waals surface area contributed by atoms with Crippen molar-refractivity contribution in [1.29, 1.82) is 5.26 Å². The molecule has 1 unspecified atom stereocenters. The average Bonchev–Trinajstić information content (AvgIpc) is 2.63. The fourth-order valence-corrected chi connectivity index (χ4v) is 1.95. The molecule has 1 saturated heterocycles. The number of hydrogen-bond donors (Lipinski definition) is 1. The second-order valence-corrected chi connectivity index (χ2v) is 4.89. The first-order chi connectivity index (χ1) is 8.67. The van der Waals surface area contributed by atoms with Crippen LogP contribution in [0, 0.1) is 11.3 Å². The second-order valence-electron chi connectivity index (χ2n) is 4.89. The van der Waals surface area contributed by atoms with E-state index in [4.69, 9.17) is 5.26 Å². The highest BCUT2D eigenvalue weighted by Gasteiger charge is 2.13. The molecule has 1 rings (SSSR count). The van der Waals surface area contributed by atoms with Gasteiger partial charge in [-0.25, -0.2) is 0 Å². The zero-order valence-corrected chi connectivity index (χ0v) is 11.4. The van der Waals surface area contributed by atoms with Crippen LogP contribution in [0.15, 0.2) is 11.8 Å². The highest BCUT2D eigenvalue weighted by Crippen LogP contribution is 2.11. The summed E-state index contributed by atoms with van der Waals surface area (Å²) in [5.41, 5.74) is 0.220. The fraction of sp³-hybridized carbons (Fsp3) is 0.714. The van der Waals surface area contributed by atoms with Crippen LogP contribution in [0.1, 0.15) is 46.0 Å². The maximum atomic E-state index is 11.9. The third kappa shape index (κ3) is 4.79. The number of rotatable bonds is 4. The predicted octanol–water partition coefficient (Wildman–Crippen LogP) is 2.18. The normalized spacial score (nSPS) is 18.7. The minimum absolute atomic E-state index is 0.110. The van der Waals surface area contributed by atoms with Crippen LogP contribution in [0.25, 0.3) is 0 Å². The standard InChI is InChI=1S/C14H23N3O/c1-3-12(2)16-14(18)13(10-15)11-17-8-6-4-5-7-9-17/h11-12H,3-9H2,1-2H3,(H,16,18)/b13-11-. The largest absolute Gasteiger partial charge is 0.376 e. The van der Waals surface area contributed by atoms with Gasteiger partial charge in [-0.2, -0.15) is 5.26 Å². The Kier molecular flexibility index (Phi) is 6.27. The Labute approximate surface area is 110 Å². The van der Waals surface area contributed by atoms with E-state index >= 15 is 0 Å². The number of likely N-dealkylation sites (tertiary alicyclic amines) is 1. The topological polar surface area (TPSA) is 56.1 Å². The first kappa shape index (κ1) is 14.6. The summed E-state index contributed by atoms with van der Waals surface area (Å²) in [5, 5.41) is 11.9. The Morgan fingerprint density at radius 1 is 1.39 bits per heavy atom. The van der Waals surface area contributed by atoms with Gasteiger partial charge in [0, 0.05) is 25.3 Å². The molecule has 0 saturated carbocycles. The molecule has 100 valence electrons. The Balaban J connectivity index is 2.63. The van der Waals surface area contributed by atoms with E-state index in [-0.39, 0.29) is 17.5 Å². The summed E-state index contributed by atoms with van der Waals surface area (Å²) in [6.07, 6.45) is 7.36. The SMILES string of the molecule is CCC(C)NC(=O)/C(C#N)=C\N1CCCCCC1. The molecule has 1 aliphatic rings. The van der Waals surface area contributed by atoms with Crippen molar-refractivity contribution < 1.29 is 4.79 Å². The number of amides is 1. The molecule has 0 aromatic heterocycles. The predicted molar refractivity (Wildman–Crippen MR) is 71.6 cm³/mol. The van der Waals surface area contributed by atoms with Crippen LogP contribution in [0.4, 0.5) is 0 Å². The molecule has 0 spiro atoms. The van der Waals surface area contributed by atoms with Crippen molar-refractivity contribution in [2.24, 2.45) is 0 Å². The number of nitrogens with zero attached hydrogens (tertiary/aromatic N) is 2. The van der Waals surface area contributed by atoms with Gasteiger partial charge in [-0.05, 0) is 26.2 Å². The number of carbonyl (C=O) groups excluding carboxylic acids is 1. The number of nitrogens with one attached hydrogen (secondary N) is 1. The van der Waals surface area contributed by atoms with E-state index in [1.54, 1.807) is 6.20 Å². The van der Waals surface area contributed by atoms with E-state index < -0.39 is 0 Å². The van der Waals surface area contributed by atoms with Crippen molar-refractivity contribution in [3.63, 3.8) is 0 Å². The van der Waals surface area contributed by atoms with Crippen molar-refractivity contribution in [2.45, 2.75) is 52.0 Å². The van der Waals surface area contributed by atoms with E-state index in [1.807, 2.05) is 19.9 Å². The van der Waals surface area contributed by atoms with Gasteiger partial charge in [-0.1, -0.05) is 19.8 Å². The highest BCUT2D eigenvalue weighted by molar-refractivity contribution is 5.97. The molecular formula is C14H23N3O. The van der Waals surface area contributed by atoms with E-state index in [0.717, 1.165) is 32.4 Å². The monoisotopic (exact) mass is 249 g/mol. The molecule has 18 heavy (non-hydrogen) atoms. The van der Waals surface area contributed by atoms with Crippen LogP contribution in [-0.4, -0.2) is 29.9 Å². The van der Waals surface area contributed by atoms with Crippen molar-refractivity contribution in [3.8, 4) is 6.07 Å². The summed E-state index contributed by atoms with van der Waals surface area (Å²) >= 11 is 0. The van der Waals surface area contributed by atoms with Gasteiger partial charge in [-0.15, -0.1) is 0 Å². The molecule has 1 fully saturated rings. The molecule has 1 aliphatic heterocycles. The minimum Gasteiger partial charge on any atom is -0.376 e. The van der Waals surface area contributed by atoms with E-state index in [0.29, 0.717) is 0 Å². The quantitative estimate of drug-likeness (QED) is 0.613. The van der Waals surface area contributed by atoms with E-state index in [9.17, 15) is 4.79 Å². The first-order valence-electron chi connectivity index (χ1n) is 6.84. The molecule has 4 heteroatoms. The highest BCUT2D eigenvalue weighted by atomic mass is 16.1. The van der Waals surface area contributed by atoms with Gasteiger partial charge in [0.1, 0.15) is 11.6 Å². The second kappa shape index (κ2) is 7.75. The third-order valence-electron chi connectivity index (χ3n) is 3.31. The molecule has 1 heterocycles. The van der Waals surface area contributed by atoms with Gasteiger partial charge >= 0.3 is 0 Å². The van der Waals surface area contributed by atoms with Crippen LogP contribution >= 0.6 is 0 Å². The lowest BCUT2D eigenvalue weighted by Crippen LogP contribution is -2.33. The zero-order valence-electron chi connectivity index (χ0n) is 11.4. The van der Waals surface area contributed by atoms with Gasteiger partial charge in [0.2, 0.25) is 0 Å². The van der Waals surface area contributed by atoms with Crippen LogP contribution in [-0.2, 0) is 4.79 Å². The fourth-order valence-electron chi connectivity index (χ4n) is 1.95. The molecule has 0 aromatic rings. The van der Waals surface area contributed by atoms with Crippen LogP contribution in [0.5, 0.6) is 0 Å². The number of nitriles is 1. The molecular weight excluding hydrogens is 226 g/mol.